The normalized spacial score (nSPS) is 28.4. The van der Waals surface area contributed by atoms with E-state index in [-0.39, 0.29) is 0 Å². The van der Waals surface area contributed by atoms with Gasteiger partial charge >= 0.3 is 0 Å². The Morgan fingerprint density at radius 2 is 2.23 bits per heavy atom. The van der Waals surface area contributed by atoms with Crippen LogP contribution in [0.3, 0.4) is 0 Å². The molecule has 78 valence electrons. The molecule has 1 heterocycles. The van der Waals surface area contributed by atoms with Gasteiger partial charge in [0.2, 0.25) is 0 Å². The first-order chi connectivity index (χ1) is 6.23. The summed E-state index contributed by atoms with van der Waals surface area (Å²) in [5.41, 5.74) is -0.463. The fourth-order valence-corrected chi connectivity index (χ4v) is 2.27. The van der Waals surface area contributed by atoms with Crippen LogP contribution < -0.4 is 0 Å². The molecule has 0 aromatic rings. The third kappa shape index (κ3) is 2.68. The third-order valence-corrected chi connectivity index (χ3v) is 3.22. The van der Waals surface area contributed by atoms with E-state index >= 15 is 0 Å². The Morgan fingerprint density at radius 3 is 2.69 bits per heavy atom. The molecule has 13 heavy (non-hydrogen) atoms. The maximum atomic E-state index is 10.4. The number of ether oxygens (including phenoxy) is 1. The van der Waals surface area contributed by atoms with Crippen LogP contribution in [0, 0.1) is 5.92 Å². The quantitative estimate of drug-likeness (QED) is 0.730. The molecule has 1 aliphatic heterocycles. The summed E-state index contributed by atoms with van der Waals surface area (Å²) in [4.78, 5) is 0. The van der Waals surface area contributed by atoms with Crippen molar-refractivity contribution >= 4 is 0 Å². The van der Waals surface area contributed by atoms with Crippen molar-refractivity contribution in [2.24, 2.45) is 5.92 Å². The van der Waals surface area contributed by atoms with Gasteiger partial charge in [-0.15, -0.1) is 0 Å². The zero-order valence-electron chi connectivity index (χ0n) is 8.88. The van der Waals surface area contributed by atoms with Crippen LogP contribution in [0.5, 0.6) is 0 Å². The molecule has 1 fully saturated rings. The summed E-state index contributed by atoms with van der Waals surface area (Å²) >= 11 is 0. The van der Waals surface area contributed by atoms with E-state index in [9.17, 15) is 5.11 Å². The molecule has 0 aromatic heterocycles. The lowest BCUT2D eigenvalue weighted by Crippen LogP contribution is -2.41. The average Bonchev–Trinajstić information content (AvgIpc) is 2.19. The first-order valence-corrected chi connectivity index (χ1v) is 5.53. The molecular formula is C11H22O2. The minimum atomic E-state index is -0.463. The van der Waals surface area contributed by atoms with E-state index in [4.69, 9.17) is 4.74 Å². The Balaban J connectivity index is 2.51. The highest BCUT2D eigenvalue weighted by atomic mass is 16.5. The summed E-state index contributed by atoms with van der Waals surface area (Å²) in [6.07, 6.45) is 5.06. The van der Waals surface area contributed by atoms with Crippen molar-refractivity contribution in [3.05, 3.63) is 0 Å². The van der Waals surface area contributed by atoms with Gasteiger partial charge in [0, 0.05) is 12.5 Å². The van der Waals surface area contributed by atoms with Gasteiger partial charge in [0.05, 0.1) is 12.2 Å². The number of aliphatic hydroxyl groups is 1. The fourth-order valence-electron chi connectivity index (χ4n) is 2.27. The molecule has 1 rings (SSSR count). The molecule has 0 radical (unpaired) electrons. The van der Waals surface area contributed by atoms with Gasteiger partial charge in [-0.2, -0.15) is 0 Å². The standard InChI is InChI=1S/C11H22O2/c1-3-7-11(12,4-2)10-6-5-8-13-9-10/h10,12H,3-9H2,1-2H3. The minimum Gasteiger partial charge on any atom is -0.390 e. The molecule has 0 aliphatic carbocycles. The molecule has 0 amide bonds. The first-order valence-electron chi connectivity index (χ1n) is 5.53. The minimum absolute atomic E-state index is 0.367. The fraction of sp³-hybridized carbons (Fsp3) is 1.00. The van der Waals surface area contributed by atoms with E-state index in [0.29, 0.717) is 5.92 Å². The van der Waals surface area contributed by atoms with Crippen LogP contribution in [0.25, 0.3) is 0 Å². The topological polar surface area (TPSA) is 29.5 Å². The molecule has 0 saturated carbocycles. The van der Waals surface area contributed by atoms with Gasteiger partial charge in [-0.3, -0.25) is 0 Å². The Kier molecular flexibility index (Phi) is 4.20. The zero-order chi connectivity index (χ0) is 9.73. The van der Waals surface area contributed by atoms with Gasteiger partial charge < -0.3 is 9.84 Å². The maximum absolute atomic E-state index is 10.4. The number of hydrogen-bond donors (Lipinski definition) is 1. The second-order valence-corrected chi connectivity index (χ2v) is 4.12. The van der Waals surface area contributed by atoms with E-state index in [0.717, 1.165) is 45.3 Å². The highest BCUT2D eigenvalue weighted by Crippen LogP contribution is 2.32. The molecule has 0 spiro atoms. The van der Waals surface area contributed by atoms with Gasteiger partial charge in [0.15, 0.2) is 0 Å². The van der Waals surface area contributed by atoms with Gasteiger partial charge in [-0.1, -0.05) is 20.3 Å². The van der Waals surface area contributed by atoms with E-state index in [1.807, 2.05) is 0 Å². The van der Waals surface area contributed by atoms with Crippen molar-refractivity contribution in [3.8, 4) is 0 Å². The molecular weight excluding hydrogens is 164 g/mol. The highest BCUT2D eigenvalue weighted by Gasteiger charge is 2.35. The second kappa shape index (κ2) is 4.97. The molecule has 2 heteroatoms. The second-order valence-electron chi connectivity index (χ2n) is 4.12. The highest BCUT2D eigenvalue weighted by molar-refractivity contribution is 4.86. The van der Waals surface area contributed by atoms with Crippen molar-refractivity contribution in [3.63, 3.8) is 0 Å². The van der Waals surface area contributed by atoms with Crippen molar-refractivity contribution in [1.29, 1.82) is 0 Å². The molecule has 2 atom stereocenters. The third-order valence-electron chi connectivity index (χ3n) is 3.22. The van der Waals surface area contributed by atoms with Crippen LogP contribution in [0.15, 0.2) is 0 Å². The summed E-state index contributed by atoms with van der Waals surface area (Å²) < 4.78 is 5.42. The molecule has 1 aliphatic rings. The summed E-state index contributed by atoms with van der Waals surface area (Å²) in [5, 5.41) is 10.4. The summed E-state index contributed by atoms with van der Waals surface area (Å²) in [6, 6.07) is 0. The first kappa shape index (κ1) is 11.0. The smallest absolute Gasteiger partial charge is 0.0695 e. The number of hydrogen-bond acceptors (Lipinski definition) is 2. The maximum Gasteiger partial charge on any atom is 0.0695 e. The van der Waals surface area contributed by atoms with Crippen LogP contribution in [0.2, 0.25) is 0 Å². The monoisotopic (exact) mass is 186 g/mol. The van der Waals surface area contributed by atoms with Crippen LogP contribution in [-0.4, -0.2) is 23.9 Å². The molecule has 0 aromatic carbocycles. The molecule has 2 unspecified atom stereocenters. The van der Waals surface area contributed by atoms with Crippen LogP contribution in [0.1, 0.15) is 46.0 Å². The van der Waals surface area contributed by atoms with Crippen molar-refractivity contribution in [2.75, 3.05) is 13.2 Å². The molecule has 1 saturated heterocycles. The molecule has 0 bridgehead atoms. The lowest BCUT2D eigenvalue weighted by atomic mass is 9.79. The van der Waals surface area contributed by atoms with E-state index in [1.165, 1.54) is 0 Å². The predicted octanol–water partition coefficient (Wildman–Crippen LogP) is 2.35. The average molecular weight is 186 g/mol. The number of rotatable bonds is 4. The van der Waals surface area contributed by atoms with Gasteiger partial charge in [0.25, 0.3) is 0 Å². The van der Waals surface area contributed by atoms with Crippen LogP contribution in [0.4, 0.5) is 0 Å². The lowest BCUT2D eigenvalue weighted by molar-refractivity contribution is -0.0861. The summed E-state index contributed by atoms with van der Waals surface area (Å²) in [5.74, 6) is 0.367. The van der Waals surface area contributed by atoms with Gasteiger partial charge in [-0.05, 0) is 25.7 Å². The Hall–Kier alpha value is -0.0800. The SMILES string of the molecule is CCCC(O)(CC)C1CCCOC1. The molecule has 1 N–H and O–H groups in total. The van der Waals surface area contributed by atoms with Crippen molar-refractivity contribution in [2.45, 2.75) is 51.6 Å². The Morgan fingerprint density at radius 1 is 1.46 bits per heavy atom. The van der Waals surface area contributed by atoms with Crippen molar-refractivity contribution < 1.29 is 9.84 Å². The summed E-state index contributed by atoms with van der Waals surface area (Å²) in [6.45, 7) is 5.83. The Labute approximate surface area is 81.3 Å². The van der Waals surface area contributed by atoms with E-state index in [1.54, 1.807) is 0 Å². The zero-order valence-corrected chi connectivity index (χ0v) is 8.88. The van der Waals surface area contributed by atoms with Crippen molar-refractivity contribution in [1.82, 2.24) is 0 Å². The predicted molar refractivity (Wildman–Crippen MR) is 53.7 cm³/mol. The summed E-state index contributed by atoms with van der Waals surface area (Å²) in [7, 11) is 0. The van der Waals surface area contributed by atoms with Crippen LogP contribution in [-0.2, 0) is 4.74 Å². The largest absolute Gasteiger partial charge is 0.390 e. The van der Waals surface area contributed by atoms with Gasteiger partial charge in [0.1, 0.15) is 0 Å². The van der Waals surface area contributed by atoms with E-state index in [2.05, 4.69) is 13.8 Å². The van der Waals surface area contributed by atoms with Gasteiger partial charge in [-0.25, -0.2) is 0 Å². The Bertz CT molecular complexity index is 141. The van der Waals surface area contributed by atoms with Crippen LogP contribution >= 0.6 is 0 Å². The molecule has 2 nitrogen and oxygen atoms in total. The van der Waals surface area contributed by atoms with E-state index < -0.39 is 5.60 Å². The lowest BCUT2D eigenvalue weighted by Gasteiger charge is -2.37.